The minimum Gasteiger partial charge on any atom is -0.258 e. The van der Waals surface area contributed by atoms with E-state index in [0.717, 1.165) is 29.7 Å². The molecule has 0 radical (unpaired) electrons. The molecule has 0 aromatic heterocycles. The summed E-state index contributed by atoms with van der Waals surface area (Å²) in [5.74, 6) is 1.89. The fraction of sp³-hybridized carbons (Fsp3) is 0.469. The molecule has 0 bridgehead atoms. The van der Waals surface area contributed by atoms with Gasteiger partial charge in [0.05, 0.1) is 0 Å². The van der Waals surface area contributed by atoms with Gasteiger partial charge in [0.2, 0.25) is 0 Å². The zero-order valence-corrected chi connectivity index (χ0v) is 22.0. The van der Waals surface area contributed by atoms with Crippen molar-refractivity contribution in [1.82, 2.24) is 0 Å². The maximum Gasteiger partial charge on any atom is 0.0448 e. The van der Waals surface area contributed by atoms with Crippen molar-refractivity contribution in [1.29, 1.82) is 0 Å². The Hall–Kier alpha value is -2.41. The fourth-order valence-electron chi connectivity index (χ4n) is 5.04. The zero-order chi connectivity index (χ0) is 24.2. The Bertz CT molecular complexity index is 932. The van der Waals surface area contributed by atoms with Crippen LogP contribution in [0.5, 0.6) is 0 Å². The minimum atomic E-state index is 0.942. The lowest BCUT2D eigenvalue weighted by Gasteiger charge is -2.27. The third kappa shape index (κ3) is 8.80. The normalized spacial score (nSPS) is 19.0. The monoisotopic (exact) mass is 443 g/mol. The quantitative estimate of drug-likeness (QED) is 0.378. The van der Waals surface area contributed by atoms with E-state index >= 15 is 0 Å². The molecule has 1 aliphatic carbocycles. The van der Waals surface area contributed by atoms with Gasteiger partial charge < -0.3 is 0 Å². The van der Waals surface area contributed by atoms with Crippen molar-refractivity contribution in [2.45, 2.75) is 86.5 Å². The van der Waals surface area contributed by atoms with E-state index < -0.39 is 0 Å². The number of hydrogen-bond donors (Lipinski definition) is 0. The summed E-state index contributed by atoms with van der Waals surface area (Å²) in [6, 6.07) is 17.0. The summed E-state index contributed by atoms with van der Waals surface area (Å²) < 4.78 is 0. The molecule has 1 aliphatic rings. The van der Waals surface area contributed by atoms with Crippen molar-refractivity contribution in [2.75, 3.05) is 0 Å². The van der Waals surface area contributed by atoms with Crippen LogP contribution in [0.15, 0.2) is 71.9 Å². The van der Waals surface area contributed by atoms with Crippen LogP contribution in [-0.4, -0.2) is 5.71 Å². The molecule has 0 heterocycles. The molecule has 2 aromatic carbocycles. The van der Waals surface area contributed by atoms with E-state index in [4.69, 9.17) is 0 Å². The fourth-order valence-corrected chi connectivity index (χ4v) is 5.04. The van der Waals surface area contributed by atoms with Gasteiger partial charge in [-0.05, 0) is 87.5 Å². The second-order valence-electron chi connectivity index (χ2n) is 9.76. The number of benzene rings is 2. The highest BCUT2D eigenvalue weighted by molar-refractivity contribution is 5.99. The second kappa shape index (κ2) is 14.0. The Morgan fingerprint density at radius 1 is 1.06 bits per heavy atom. The molecule has 0 spiro atoms. The predicted molar refractivity (Wildman–Crippen MR) is 148 cm³/mol. The Morgan fingerprint density at radius 3 is 2.39 bits per heavy atom. The van der Waals surface area contributed by atoms with Gasteiger partial charge in [-0.3, -0.25) is 4.99 Å². The van der Waals surface area contributed by atoms with Crippen molar-refractivity contribution >= 4 is 11.3 Å². The Labute approximate surface area is 203 Å². The van der Waals surface area contributed by atoms with Crippen molar-refractivity contribution < 1.29 is 0 Å². The third-order valence-corrected chi connectivity index (χ3v) is 6.85. The molecule has 0 N–H and O–H groups in total. The second-order valence-corrected chi connectivity index (χ2v) is 9.76. The largest absolute Gasteiger partial charge is 0.258 e. The lowest BCUT2D eigenvalue weighted by Crippen LogP contribution is -2.14. The highest BCUT2D eigenvalue weighted by atomic mass is 14.7. The molecule has 0 amide bonds. The Morgan fingerprint density at radius 2 is 1.79 bits per heavy atom. The van der Waals surface area contributed by atoms with Crippen molar-refractivity contribution in [2.24, 2.45) is 16.8 Å². The van der Waals surface area contributed by atoms with E-state index in [1.54, 1.807) is 0 Å². The van der Waals surface area contributed by atoms with Crippen LogP contribution in [0.2, 0.25) is 0 Å². The van der Waals surface area contributed by atoms with E-state index in [-0.39, 0.29) is 0 Å². The van der Waals surface area contributed by atoms with Gasteiger partial charge in [0.25, 0.3) is 0 Å². The first-order valence-electron chi connectivity index (χ1n) is 12.9. The highest BCUT2D eigenvalue weighted by Gasteiger charge is 2.19. The van der Waals surface area contributed by atoms with Gasteiger partial charge in [-0.2, -0.15) is 0 Å². The smallest absolute Gasteiger partial charge is 0.0448 e. The van der Waals surface area contributed by atoms with Gasteiger partial charge in [0, 0.05) is 11.4 Å². The molecule has 2 atom stereocenters. The Balaban J connectivity index is 0.000000245. The van der Waals surface area contributed by atoms with Crippen LogP contribution >= 0.6 is 0 Å². The van der Waals surface area contributed by atoms with Crippen LogP contribution in [-0.2, 0) is 6.42 Å². The van der Waals surface area contributed by atoms with Crippen LogP contribution in [0.4, 0.5) is 0 Å². The third-order valence-electron chi connectivity index (χ3n) is 6.85. The number of allylic oxidation sites excluding steroid dienone is 3. The molecule has 1 nitrogen and oxygen atoms in total. The van der Waals surface area contributed by atoms with Crippen LogP contribution in [0.3, 0.4) is 0 Å². The lowest BCUT2D eigenvalue weighted by molar-refractivity contribution is 0.270. The molecular weight excluding hydrogens is 398 g/mol. The standard InChI is InChI=1S/C19H28.C13H17N/c1-14(2)19-16(4)8-6-10-18(19)12-11-17-9-5-7-15(3)13-17;1-4-13(5-2)14-11(3)12-9-7-6-8-10-12/h6,8,10,15,17H,1,5,7,9,11-13H2,2-4H3;4,6-10H,5H2,1-3H3/b;13-4-,14-11?. The van der Waals surface area contributed by atoms with Gasteiger partial charge in [0.1, 0.15) is 0 Å². The summed E-state index contributed by atoms with van der Waals surface area (Å²) in [5.41, 5.74) is 8.93. The van der Waals surface area contributed by atoms with Crippen LogP contribution in [0.1, 0.15) is 95.4 Å². The molecule has 0 aliphatic heterocycles. The zero-order valence-electron chi connectivity index (χ0n) is 22.0. The van der Waals surface area contributed by atoms with Crippen LogP contribution in [0.25, 0.3) is 5.57 Å². The van der Waals surface area contributed by atoms with Gasteiger partial charge in [-0.15, -0.1) is 0 Å². The number of aliphatic imine (C=N–C) groups is 1. The van der Waals surface area contributed by atoms with Gasteiger partial charge in [0.15, 0.2) is 0 Å². The van der Waals surface area contributed by atoms with Gasteiger partial charge in [-0.1, -0.05) is 99.9 Å². The van der Waals surface area contributed by atoms with Crippen molar-refractivity contribution in [3.05, 3.63) is 89.1 Å². The van der Waals surface area contributed by atoms with E-state index in [1.165, 1.54) is 66.4 Å². The highest BCUT2D eigenvalue weighted by Crippen LogP contribution is 2.32. The summed E-state index contributed by atoms with van der Waals surface area (Å²) in [7, 11) is 0. The summed E-state index contributed by atoms with van der Waals surface area (Å²) >= 11 is 0. The van der Waals surface area contributed by atoms with Gasteiger partial charge >= 0.3 is 0 Å². The minimum absolute atomic E-state index is 0.942. The topological polar surface area (TPSA) is 12.4 Å². The summed E-state index contributed by atoms with van der Waals surface area (Å²) in [5, 5.41) is 0. The Kier molecular flexibility index (Phi) is 11.4. The average Bonchev–Trinajstić information content (AvgIpc) is 2.82. The molecule has 1 heteroatoms. The molecule has 1 saturated carbocycles. The summed E-state index contributed by atoms with van der Waals surface area (Å²) in [4.78, 5) is 4.56. The SMILES string of the molecule is C/C=C(/CC)N=C(C)c1ccccc1.C=C(C)c1c(C)cccc1CCC1CCCC(C)C1. The van der Waals surface area contributed by atoms with Crippen molar-refractivity contribution in [3.63, 3.8) is 0 Å². The number of hydrogen-bond acceptors (Lipinski definition) is 1. The molecule has 178 valence electrons. The summed E-state index contributed by atoms with van der Waals surface area (Å²) in [6.45, 7) is 17.1. The van der Waals surface area contributed by atoms with Crippen molar-refractivity contribution in [3.8, 4) is 0 Å². The molecule has 0 saturated heterocycles. The maximum absolute atomic E-state index is 4.56. The number of aryl methyl sites for hydroxylation is 2. The molecule has 33 heavy (non-hydrogen) atoms. The van der Waals surface area contributed by atoms with E-state index in [9.17, 15) is 0 Å². The van der Waals surface area contributed by atoms with Gasteiger partial charge in [-0.25, -0.2) is 0 Å². The summed E-state index contributed by atoms with van der Waals surface area (Å²) in [6.07, 6.45) is 11.4. The first kappa shape index (κ1) is 26.8. The van der Waals surface area contributed by atoms with Crippen LogP contribution < -0.4 is 0 Å². The molecule has 3 rings (SSSR count). The molecule has 2 aromatic rings. The molecular formula is C32H45N. The van der Waals surface area contributed by atoms with Crippen LogP contribution in [0, 0.1) is 18.8 Å². The molecule has 2 unspecified atom stereocenters. The maximum atomic E-state index is 4.56. The number of rotatable bonds is 7. The first-order valence-corrected chi connectivity index (χ1v) is 12.9. The lowest BCUT2D eigenvalue weighted by atomic mass is 9.79. The molecule has 1 fully saturated rings. The first-order chi connectivity index (χ1) is 15.8. The van der Waals surface area contributed by atoms with E-state index in [1.807, 2.05) is 25.1 Å². The van der Waals surface area contributed by atoms with E-state index in [2.05, 4.69) is 82.6 Å². The average molecular weight is 444 g/mol. The predicted octanol–water partition coefficient (Wildman–Crippen LogP) is 9.60. The van der Waals surface area contributed by atoms with E-state index in [0.29, 0.717) is 0 Å². The number of nitrogens with zero attached hydrogens (tertiary/aromatic N) is 1.